The van der Waals surface area contributed by atoms with E-state index >= 15 is 0 Å². The zero-order valence-electron chi connectivity index (χ0n) is 18.8. The number of hydrogen-bond acceptors (Lipinski definition) is 4. The fourth-order valence-electron chi connectivity index (χ4n) is 4.82. The van der Waals surface area contributed by atoms with Crippen molar-refractivity contribution in [3.05, 3.63) is 89.0 Å². The first kappa shape index (κ1) is 21.4. The fraction of sp³-hybridized carbons (Fsp3) is 0.286. The molecule has 5 heteroatoms. The molecule has 0 saturated carbocycles. The molecule has 0 aliphatic carbocycles. The quantitative estimate of drug-likeness (QED) is 0.587. The second-order valence-corrected chi connectivity index (χ2v) is 8.77. The maximum absolute atomic E-state index is 13.4. The van der Waals surface area contributed by atoms with Gasteiger partial charge in [0.2, 0.25) is 0 Å². The second-order valence-electron chi connectivity index (χ2n) is 8.77. The molecular formula is C28H28N2O3. The van der Waals surface area contributed by atoms with Crippen LogP contribution in [-0.4, -0.2) is 31.0 Å². The molecule has 2 aliphatic heterocycles. The summed E-state index contributed by atoms with van der Waals surface area (Å²) in [5.41, 5.74) is 7.09. The molecule has 3 aromatic rings. The monoisotopic (exact) mass is 440 g/mol. The van der Waals surface area contributed by atoms with Crippen molar-refractivity contribution in [2.45, 2.75) is 38.8 Å². The van der Waals surface area contributed by atoms with Crippen LogP contribution in [0.3, 0.4) is 0 Å². The number of nitrogens with one attached hydrogen (secondary N) is 1. The molecule has 168 valence electrons. The van der Waals surface area contributed by atoms with E-state index in [9.17, 15) is 9.59 Å². The molecule has 0 spiro atoms. The van der Waals surface area contributed by atoms with E-state index < -0.39 is 0 Å². The van der Waals surface area contributed by atoms with Gasteiger partial charge in [-0.05, 0) is 78.7 Å². The van der Waals surface area contributed by atoms with Crippen LogP contribution in [0.1, 0.15) is 39.9 Å². The van der Waals surface area contributed by atoms with Crippen molar-refractivity contribution in [3.8, 4) is 11.1 Å². The number of hydrogen-bond donors (Lipinski definition) is 1. The molecule has 1 amide bonds. The van der Waals surface area contributed by atoms with Crippen LogP contribution >= 0.6 is 0 Å². The number of rotatable bonds is 5. The zero-order valence-corrected chi connectivity index (χ0v) is 18.8. The van der Waals surface area contributed by atoms with Crippen LogP contribution in [-0.2, 0) is 22.6 Å². The fourth-order valence-corrected chi connectivity index (χ4v) is 4.82. The molecule has 1 fully saturated rings. The van der Waals surface area contributed by atoms with Gasteiger partial charge in [0, 0.05) is 17.8 Å². The first-order chi connectivity index (χ1) is 16.1. The number of aryl methyl sites for hydroxylation is 1. The van der Waals surface area contributed by atoms with Crippen molar-refractivity contribution in [2.24, 2.45) is 0 Å². The Morgan fingerprint density at radius 3 is 2.67 bits per heavy atom. The number of fused-ring (bicyclic) bond motifs is 1. The van der Waals surface area contributed by atoms with E-state index in [4.69, 9.17) is 4.74 Å². The van der Waals surface area contributed by atoms with Gasteiger partial charge in [0.05, 0.1) is 0 Å². The van der Waals surface area contributed by atoms with Gasteiger partial charge in [-0.2, -0.15) is 0 Å². The molecule has 0 unspecified atom stereocenters. The Labute approximate surface area is 194 Å². The van der Waals surface area contributed by atoms with Crippen molar-refractivity contribution in [1.29, 1.82) is 0 Å². The SMILES string of the molecule is Cc1cc(C(=O)N2CCc3c(-c4ccccc4)cccc32)ccc1COC(=O)[C@@H]1CCCN1. The van der Waals surface area contributed by atoms with E-state index in [1.807, 2.05) is 60.4 Å². The summed E-state index contributed by atoms with van der Waals surface area (Å²) >= 11 is 0. The summed E-state index contributed by atoms with van der Waals surface area (Å²) in [5, 5.41) is 3.16. The highest BCUT2D eigenvalue weighted by molar-refractivity contribution is 6.08. The van der Waals surface area contributed by atoms with Gasteiger partial charge >= 0.3 is 5.97 Å². The Hall–Kier alpha value is -3.44. The average molecular weight is 441 g/mol. The van der Waals surface area contributed by atoms with E-state index in [0.717, 1.165) is 42.6 Å². The Kier molecular flexibility index (Phi) is 5.97. The predicted molar refractivity (Wildman–Crippen MR) is 129 cm³/mol. The van der Waals surface area contributed by atoms with Crippen LogP contribution < -0.4 is 10.2 Å². The minimum Gasteiger partial charge on any atom is -0.460 e. The van der Waals surface area contributed by atoms with Gasteiger partial charge in [0.15, 0.2) is 0 Å². The highest BCUT2D eigenvalue weighted by Gasteiger charge is 2.28. The van der Waals surface area contributed by atoms with Crippen LogP contribution in [0.25, 0.3) is 11.1 Å². The molecule has 3 aromatic carbocycles. The lowest BCUT2D eigenvalue weighted by Crippen LogP contribution is -2.32. The number of carbonyl (C=O) groups is 2. The number of esters is 1. The maximum Gasteiger partial charge on any atom is 0.323 e. The zero-order chi connectivity index (χ0) is 22.8. The Morgan fingerprint density at radius 2 is 1.91 bits per heavy atom. The summed E-state index contributed by atoms with van der Waals surface area (Å²) in [7, 11) is 0. The molecule has 0 bridgehead atoms. The molecule has 1 atom stereocenters. The summed E-state index contributed by atoms with van der Waals surface area (Å²) < 4.78 is 5.50. The average Bonchev–Trinajstić information content (AvgIpc) is 3.53. The lowest BCUT2D eigenvalue weighted by atomic mass is 9.98. The van der Waals surface area contributed by atoms with Crippen LogP contribution in [0.15, 0.2) is 66.7 Å². The van der Waals surface area contributed by atoms with Crippen LogP contribution in [0.5, 0.6) is 0 Å². The molecule has 2 aliphatic rings. The number of benzene rings is 3. The molecule has 0 radical (unpaired) electrons. The van der Waals surface area contributed by atoms with E-state index in [0.29, 0.717) is 12.1 Å². The highest BCUT2D eigenvalue weighted by atomic mass is 16.5. The van der Waals surface area contributed by atoms with Crippen LogP contribution in [0, 0.1) is 6.92 Å². The Balaban J connectivity index is 1.32. The lowest BCUT2D eigenvalue weighted by Gasteiger charge is -2.19. The maximum atomic E-state index is 13.4. The lowest BCUT2D eigenvalue weighted by molar-refractivity contribution is -0.147. The molecular weight excluding hydrogens is 412 g/mol. The normalized spacial score (nSPS) is 17.1. The molecule has 1 N–H and O–H groups in total. The third kappa shape index (κ3) is 4.29. The molecule has 5 nitrogen and oxygen atoms in total. The first-order valence-corrected chi connectivity index (χ1v) is 11.6. The van der Waals surface area contributed by atoms with Crippen molar-refractivity contribution in [3.63, 3.8) is 0 Å². The largest absolute Gasteiger partial charge is 0.460 e. The topological polar surface area (TPSA) is 58.6 Å². The van der Waals surface area contributed by atoms with Gasteiger partial charge in [0.25, 0.3) is 5.91 Å². The van der Waals surface area contributed by atoms with Crippen molar-refractivity contribution >= 4 is 17.6 Å². The minimum atomic E-state index is -0.199. The van der Waals surface area contributed by atoms with Crippen LogP contribution in [0.4, 0.5) is 5.69 Å². The first-order valence-electron chi connectivity index (χ1n) is 11.6. The Bertz CT molecular complexity index is 1180. The van der Waals surface area contributed by atoms with Gasteiger partial charge < -0.3 is 15.0 Å². The summed E-state index contributed by atoms with van der Waals surface area (Å²) in [6, 6.07) is 21.9. The van der Waals surface area contributed by atoms with E-state index in [2.05, 4.69) is 23.5 Å². The summed E-state index contributed by atoms with van der Waals surface area (Å²) in [5.74, 6) is -0.198. The number of nitrogens with zero attached hydrogens (tertiary/aromatic N) is 1. The van der Waals surface area contributed by atoms with Gasteiger partial charge in [-0.1, -0.05) is 48.5 Å². The van der Waals surface area contributed by atoms with Gasteiger partial charge in [-0.15, -0.1) is 0 Å². The van der Waals surface area contributed by atoms with Crippen molar-refractivity contribution in [1.82, 2.24) is 5.32 Å². The Morgan fingerprint density at radius 1 is 1.06 bits per heavy atom. The number of anilines is 1. The number of carbonyl (C=O) groups excluding carboxylic acids is 2. The molecule has 1 saturated heterocycles. The minimum absolute atomic E-state index is 0.000706. The third-order valence-electron chi connectivity index (χ3n) is 6.66. The molecule has 33 heavy (non-hydrogen) atoms. The predicted octanol–water partition coefficient (Wildman–Crippen LogP) is 4.66. The van der Waals surface area contributed by atoms with Gasteiger partial charge in [-0.3, -0.25) is 9.59 Å². The highest BCUT2D eigenvalue weighted by Crippen LogP contribution is 2.37. The van der Waals surface area contributed by atoms with Crippen LogP contribution in [0.2, 0.25) is 0 Å². The summed E-state index contributed by atoms with van der Waals surface area (Å²) in [6.45, 7) is 3.72. The van der Waals surface area contributed by atoms with Crippen molar-refractivity contribution in [2.75, 3.05) is 18.0 Å². The van der Waals surface area contributed by atoms with E-state index in [1.165, 1.54) is 16.7 Å². The van der Waals surface area contributed by atoms with E-state index in [1.54, 1.807) is 0 Å². The second kappa shape index (κ2) is 9.20. The molecule has 0 aromatic heterocycles. The number of amides is 1. The summed E-state index contributed by atoms with van der Waals surface area (Å²) in [4.78, 5) is 27.5. The van der Waals surface area contributed by atoms with Gasteiger partial charge in [-0.25, -0.2) is 0 Å². The standard InChI is InChI=1S/C28H28N2O3/c1-19-17-21(12-13-22(19)18-33-28(32)25-10-6-15-29-25)27(31)30-16-14-24-23(9-5-11-26(24)30)20-7-3-2-4-8-20/h2-5,7-9,11-13,17,25,29H,6,10,14-16,18H2,1H3/t25-/m0/s1. The van der Waals surface area contributed by atoms with Gasteiger partial charge in [0.1, 0.15) is 12.6 Å². The molecule has 5 rings (SSSR count). The third-order valence-corrected chi connectivity index (χ3v) is 6.66. The summed E-state index contributed by atoms with van der Waals surface area (Å²) in [6.07, 6.45) is 2.67. The molecule has 2 heterocycles. The van der Waals surface area contributed by atoms with E-state index in [-0.39, 0.29) is 24.5 Å². The number of ether oxygens (including phenoxy) is 1. The van der Waals surface area contributed by atoms with Crippen molar-refractivity contribution < 1.29 is 14.3 Å². The smallest absolute Gasteiger partial charge is 0.323 e.